The van der Waals surface area contributed by atoms with Gasteiger partial charge in [-0.3, -0.25) is 0 Å². The van der Waals surface area contributed by atoms with Crippen LogP contribution in [0.3, 0.4) is 0 Å². The first-order chi connectivity index (χ1) is 14.5. The maximum atomic E-state index is 12.9. The normalized spacial score (nSPS) is 15.3. The lowest BCUT2D eigenvalue weighted by Gasteiger charge is -2.34. The van der Waals surface area contributed by atoms with Crippen LogP contribution in [0.2, 0.25) is 0 Å². The zero-order valence-electron chi connectivity index (χ0n) is 17.0. The molecule has 1 aliphatic heterocycles. The Hall–Kier alpha value is -2.98. The fourth-order valence-electron chi connectivity index (χ4n) is 3.33. The minimum absolute atomic E-state index is 0.276. The molecule has 0 amide bonds. The zero-order chi connectivity index (χ0) is 21.1. The van der Waals surface area contributed by atoms with Crippen LogP contribution in [-0.2, 0) is 10.0 Å². The van der Waals surface area contributed by atoms with E-state index >= 15 is 0 Å². The molecule has 9 nitrogen and oxygen atoms in total. The molecule has 1 aromatic carbocycles. The van der Waals surface area contributed by atoms with Crippen molar-refractivity contribution in [2.75, 3.05) is 37.7 Å². The van der Waals surface area contributed by atoms with Crippen LogP contribution in [0.15, 0.2) is 53.6 Å². The quantitative estimate of drug-likeness (QED) is 0.592. The fraction of sp³-hybridized carbons (Fsp3) is 0.350. The molecule has 0 aliphatic carbocycles. The van der Waals surface area contributed by atoms with Crippen molar-refractivity contribution in [2.45, 2.75) is 18.7 Å². The second kappa shape index (κ2) is 8.41. The Morgan fingerprint density at radius 3 is 2.17 bits per heavy atom. The maximum absolute atomic E-state index is 12.9. The summed E-state index contributed by atoms with van der Waals surface area (Å²) in [4.78, 5) is 2.31. The monoisotopic (exact) mass is 428 g/mol. The molecule has 0 N–H and O–H groups in total. The lowest BCUT2D eigenvalue weighted by atomic mass is 10.3. The van der Waals surface area contributed by atoms with Crippen LogP contribution in [0, 0.1) is 6.92 Å². The summed E-state index contributed by atoms with van der Waals surface area (Å²) < 4.78 is 34.4. The van der Waals surface area contributed by atoms with Crippen LogP contribution in [-0.4, -0.2) is 65.5 Å². The van der Waals surface area contributed by atoms with E-state index in [0.717, 1.165) is 11.5 Å². The van der Waals surface area contributed by atoms with Gasteiger partial charge in [0.2, 0.25) is 10.0 Å². The first kappa shape index (κ1) is 20.3. The predicted octanol–water partition coefficient (Wildman–Crippen LogP) is 1.88. The van der Waals surface area contributed by atoms with Crippen LogP contribution in [0.4, 0.5) is 5.82 Å². The fourth-order valence-corrected chi connectivity index (χ4v) is 4.76. The minimum atomic E-state index is -3.54. The summed E-state index contributed by atoms with van der Waals surface area (Å²) in [6.07, 6.45) is 1.84. The van der Waals surface area contributed by atoms with Crippen molar-refractivity contribution >= 4 is 15.8 Å². The van der Waals surface area contributed by atoms with Crippen LogP contribution in [0.25, 0.3) is 5.82 Å². The number of hydrogen-bond acceptors (Lipinski definition) is 7. The summed E-state index contributed by atoms with van der Waals surface area (Å²) >= 11 is 0. The van der Waals surface area contributed by atoms with Crippen molar-refractivity contribution in [2.24, 2.45) is 0 Å². The Labute approximate surface area is 176 Å². The van der Waals surface area contributed by atoms with Gasteiger partial charge in [0.25, 0.3) is 0 Å². The molecule has 0 spiro atoms. The maximum Gasteiger partial charge on any atom is 0.243 e. The summed E-state index contributed by atoms with van der Waals surface area (Å²) in [6.45, 7) is 6.21. The van der Waals surface area contributed by atoms with Gasteiger partial charge in [0.1, 0.15) is 5.75 Å². The van der Waals surface area contributed by atoms with Gasteiger partial charge in [0.05, 0.1) is 17.2 Å². The van der Waals surface area contributed by atoms with Crippen LogP contribution >= 0.6 is 0 Å². The van der Waals surface area contributed by atoms with E-state index in [1.165, 1.54) is 4.31 Å². The SMILES string of the molecule is CCOc1ccc(S(=O)(=O)N2CCN(c3ccc(-n4ccc(C)n4)nn3)CC2)cc1. The Balaban J connectivity index is 1.40. The number of aryl methyl sites for hydroxylation is 1. The molecule has 0 bridgehead atoms. The molecule has 10 heteroatoms. The Morgan fingerprint density at radius 2 is 1.60 bits per heavy atom. The number of sulfonamides is 1. The van der Waals surface area contributed by atoms with Gasteiger partial charge < -0.3 is 9.64 Å². The second-order valence-electron chi connectivity index (χ2n) is 6.95. The molecule has 0 saturated carbocycles. The minimum Gasteiger partial charge on any atom is -0.494 e. The first-order valence-electron chi connectivity index (χ1n) is 9.82. The summed E-state index contributed by atoms with van der Waals surface area (Å²) in [7, 11) is -3.54. The molecule has 0 radical (unpaired) electrons. The first-order valence-corrected chi connectivity index (χ1v) is 11.3. The van der Waals surface area contributed by atoms with Crippen LogP contribution in [0.1, 0.15) is 12.6 Å². The highest BCUT2D eigenvalue weighted by atomic mass is 32.2. The average molecular weight is 429 g/mol. The van der Waals surface area contributed by atoms with Crippen LogP contribution < -0.4 is 9.64 Å². The molecular weight excluding hydrogens is 404 g/mol. The number of nitrogens with zero attached hydrogens (tertiary/aromatic N) is 6. The van der Waals surface area contributed by atoms with E-state index in [-0.39, 0.29) is 4.90 Å². The number of piperazine rings is 1. The van der Waals surface area contributed by atoms with E-state index in [0.29, 0.717) is 44.4 Å². The van der Waals surface area contributed by atoms with Gasteiger partial charge in [0, 0.05) is 32.4 Å². The second-order valence-corrected chi connectivity index (χ2v) is 8.88. The van der Waals surface area contributed by atoms with Gasteiger partial charge in [-0.25, -0.2) is 13.1 Å². The molecular formula is C20H24N6O3S. The predicted molar refractivity (Wildman–Crippen MR) is 112 cm³/mol. The molecule has 0 atom stereocenters. The largest absolute Gasteiger partial charge is 0.494 e. The molecule has 30 heavy (non-hydrogen) atoms. The van der Waals surface area contributed by atoms with Gasteiger partial charge in [-0.15, -0.1) is 10.2 Å². The highest BCUT2D eigenvalue weighted by Gasteiger charge is 2.29. The van der Waals surface area contributed by atoms with Gasteiger partial charge in [-0.2, -0.15) is 9.40 Å². The lowest BCUT2D eigenvalue weighted by molar-refractivity contribution is 0.340. The number of aromatic nitrogens is 4. The standard InChI is InChI=1S/C20H24N6O3S/c1-3-29-17-4-6-18(7-5-17)30(27,28)25-14-12-24(13-15-25)19-8-9-20(22-21-19)26-11-10-16(2)23-26/h4-11H,3,12-15H2,1-2H3. The van der Waals surface area contributed by atoms with Crippen molar-refractivity contribution in [3.63, 3.8) is 0 Å². The summed E-state index contributed by atoms with van der Waals surface area (Å²) in [5, 5.41) is 12.9. The zero-order valence-corrected chi connectivity index (χ0v) is 17.8. The van der Waals surface area contributed by atoms with Gasteiger partial charge in [-0.05, 0) is 56.3 Å². The van der Waals surface area contributed by atoms with Crippen LogP contribution in [0.5, 0.6) is 5.75 Å². The molecule has 4 rings (SSSR count). The highest BCUT2D eigenvalue weighted by Crippen LogP contribution is 2.22. The summed E-state index contributed by atoms with van der Waals surface area (Å²) in [5.74, 6) is 2.03. The van der Waals surface area contributed by atoms with Gasteiger partial charge >= 0.3 is 0 Å². The number of ether oxygens (including phenoxy) is 1. The highest BCUT2D eigenvalue weighted by molar-refractivity contribution is 7.89. The number of benzene rings is 1. The molecule has 0 unspecified atom stereocenters. The number of hydrogen-bond donors (Lipinski definition) is 0. The van der Waals surface area contributed by atoms with E-state index in [1.54, 1.807) is 28.9 Å². The molecule has 1 aliphatic rings. The number of anilines is 1. The van der Waals surface area contributed by atoms with Crippen molar-refractivity contribution in [1.29, 1.82) is 0 Å². The van der Waals surface area contributed by atoms with Crippen molar-refractivity contribution in [3.05, 3.63) is 54.4 Å². The van der Waals surface area contributed by atoms with E-state index in [4.69, 9.17) is 4.74 Å². The lowest BCUT2D eigenvalue weighted by Crippen LogP contribution is -2.49. The van der Waals surface area contributed by atoms with Crippen molar-refractivity contribution < 1.29 is 13.2 Å². The smallest absolute Gasteiger partial charge is 0.243 e. The van der Waals surface area contributed by atoms with E-state index in [9.17, 15) is 8.42 Å². The Morgan fingerprint density at radius 1 is 0.933 bits per heavy atom. The topological polar surface area (TPSA) is 93.5 Å². The molecule has 2 aromatic heterocycles. The molecule has 1 saturated heterocycles. The van der Waals surface area contributed by atoms with Gasteiger partial charge in [0.15, 0.2) is 11.6 Å². The number of rotatable bonds is 6. The third-order valence-corrected chi connectivity index (χ3v) is 6.84. The summed E-state index contributed by atoms with van der Waals surface area (Å²) in [6, 6.07) is 12.2. The molecule has 158 valence electrons. The third kappa shape index (κ3) is 4.14. The summed E-state index contributed by atoms with van der Waals surface area (Å²) in [5.41, 5.74) is 0.908. The van der Waals surface area contributed by atoms with Crippen molar-refractivity contribution in [3.8, 4) is 11.6 Å². The van der Waals surface area contributed by atoms with Crippen molar-refractivity contribution in [1.82, 2.24) is 24.3 Å². The van der Waals surface area contributed by atoms with E-state index < -0.39 is 10.0 Å². The van der Waals surface area contributed by atoms with E-state index in [1.807, 2.05) is 43.1 Å². The molecule has 3 aromatic rings. The third-order valence-electron chi connectivity index (χ3n) is 4.93. The molecule has 3 heterocycles. The molecule has 1 fully saturated rings. The Bertz CT molecular complexity index is 1090. The Kier molecular flexibility index (Phi) is 5.69. The van der Waals surface area contributed by atoms with Gasteiger partial charge in [-0.1, -0.05) is 0 Å². The average Bonchev–Trinajstić information content (AvgIpc) is 3.21. The van der Waals surface area contributed by atoms with E-state index in [2.05, 4.69) is 15.3 Å².